The summed E-state index contributed by atoms with van der Waals surface area (Å²) in [5, 5.41) is 12.2. The standard InChI is InChI=1S/C27H32N2O6/c1-34-27(25(31)32)14-8-16-29(18-27)24(30)13-6-7-15-28-26(33)35-17-23-21-11-4-2-9-19(21)20-10-3-5-12-22(20)23/h2-5,9-12,23H,6-8,13-18H2,1H3,(H,28,33)(H,31,32). The van der Waals surface area contributed by atoms with E-state index in [0.29, 0.717) is 45.2 Å². The van der Waals surface area contributed by atoms with Crippen molar-refractivity contribution in [2.45, 2.75) is 43.6 Å². The van der Waals surface area contributed by atoms with Crippen LogP contribution in [-0.4, -0.2) is 66.9 Å². The quantitative estimate of drug-likeness (QED) is 0.529. The number of nitrogens with one attached hydrogen (secondary N) is 1. The molecule has 1 aliphatic carbocycles. The lowest BCUT2D eigenvalue weighted by atomic mass is 9.92. The molecular weight excluding hydrogens is 448 g/mol. The van der Waals surface area contributed by atoms with Crippen LogP contribution in [0.4, 0.5) is 4.79 Å². The number of amides is 2. The Morgan fingerprint density at radius 2 is 1.71 bits per heavy atom. The second-order valence-electron chi connectivity index (χ2n) is 9.13. The highest BCUT2D eigenvalue weighted by molar-refractivity contribution is 5.81. The van der Waals surface area contributed by atoms with Crippen molar-refractivity contribution in [2.24, 2.45) is 0 Å². The Balaban J connectivity index is 1.18. The third-order valence-corrected chi connectivity index (χ3v) is 7.02. The Hall–Kier alpha value is -3.39. The fraction of sp³-hybridized carbons (Fsp3) is 0.444. The molecular formula is C27H32N2O6. The smallest absolute Gasteiger partial charge is 0.407 e. The number of hydrogen-bond acceptors (Lipinski definition) is 5. The number of alkyl carbamates (subject to hydrolysis) is 1. The van der Waals surface area contributed by atoms with Crippen LogP contribution >= 0.6 is 0 Å². The van der Waals surface area contributed by atoms with Crippen LogP contribution < -0.4 is 5.32 Å². The van der Waals surface area contributed by atoms with Gasteiger partial charge in [-0.05, 0) is 47.9 Å². The number of aliphatic carboxylic acids is 1. The number of piperidine rings is 1. The van der Waals surface area contributed by atoms with Gasteiger partial charge in [-0.3, -0.25) is 4.79 Å². The summed E-state index contributed by atoms with van der Waals surface area (Å²) < 4.78 is 10.8. The van der Waals surface area contributed by atoms with E-state index in [-0.39, 0.29) is 25.0 Å². The third-order valence-electron chi connectivity index (χ3n) is 7.02. The van der Waals surface area contributed by atoms with Crippen LogP contribution in [0.1, 0.15) is 49.1 Å². The largest absolute Gasteiger partial charge is 0.479 e. The van der Waals surface area contributed by atoms with Crippen LogP contribution in [0, 0.1) is 0 Å². The van der Waals surface area contributed by atoms with Crippen molar-refractivity contribution in [3.8, 4) is 11.1 Å². The van der Waals surface area contributed by atoms with Crippen LogP contribution in [0.3, 0.4) is 0 Å². The van der Waals surface area contributed by atoms with Crippen molar-refractivity contribution < 1.29 is 29.0 Å². The Morgan fingerprint density at radius 3 is 2.34 bits per heavy atom. The first-order valence-electron chi connectivity index (χ1n) is 12.1. The summed E-state index contributed by atoms with van der Waals surface area (Å²) in [4.78, 5) is 37.9. The average molecular weight is 481 g/mol. The number of benzene rings is 2. The van der Waals surface area contributed by atoms with Crippen molar-refractivity contribution in [1.82, 2.24) is 10.2 Å². The molecule has 2 aromatic carbocycles. The van der Waals surface area contributed by atoms with E-state index in [0.717, 1.165) is 11.1 Å². The molecule has 0 bridgehead atoms. The number of nitrogens with zero attached hydrogens (tertiary/aromatic N) is 1. The fourth-order valence-corrected chi connectivity index (χ4v) is 5.06. The first kappa shape index (κ1) is 24.7. The van der Waals surface area contributed by atoms with Gasteiger partial charge in [0.2, 0.25) is 5.91 Å². The highest BCUT2D eigenvalue weighted by atomic mass is 16.5. The monoisotopic (exact) mass is 480 g/mol. The summed E-state index contributed by atoms with van der Waals surface area (Å²) in [6.45, 7) is 1.27. The minimum Gasteiger partial charge on any atom is -0.479 e. The molecule has 0 radical (unpaired) electrons. The number of fused-ring (bicyclic) bond motifs is 3. The summed E-state index contributed by atoms with van der Waals surface area (Å²) in [5.74, 6) is -1.11. The maximum Gasteiger partial charge on any atom is 0.407 e. The lowest BCUT2D eigenvalue weighted by molar-refractivity contribution is -0.171. The SMILES string of the molecule is COC1(C(=O)O)CCCN(C(=O)CCCCNC(=O)OCC2c3ccccc3-c3ccccc32)C1. The van der Waals surface area contributed by atoms with Gasteiger partial charge in [-0.1, -0.05) is 48.5 Å². The summed E-state index contributed by atoms with van der Waals surface area (Å²) in [5.41, 5.74) is 3.37. The molecule has 35 heavy (non-hydrogen) atoms. The number of methoxy groups -OCH3 is 1. The van der Waals surface area contributed by atoms with Crippen LogP contribution in [0.2, 0.25) is 0 Å². The molecule has 1 fully saturated rings. The van der Waals surface area contributed by atoms with E-state index in [1.54, 1.807) is 4.90 Å². The van der Waals surface area contributed by atoms with E-state index in [9.17, 15) is 19.5 Å². The Labute approximate surface area is 205 Å². The number of ether oxygens (including phenoxy) is 2. The number of hydrogen-bond donors (Lipinski definition) is 2. The molecule has 8 nitrogen and oxygen atoms in total. The van der Waals surface area contributed by atoms with Crippen molar-refractivity contribution >= 4 is 18.0 Å². The molecule has 2 aliphatic rings. The summed E-state index contributed by atoms with van der Waals surface area (Å²) in [7, 11) is 1.37. The Bertz CT molecular complexity index is 1040. The number of unbranched alkanes of at least 4 members (excludes halogenated alkanes) is 1. The lowest BCUT2D eigenvalue weighted by Crippen LogP contribution is -2.55. The van der Waals surface area contributed by atoms with Gasteiger partial charge in [-0.25, -0.2) is 9.59 Å². The van der Waals surface area contributed by atoms with Gasteiger partial charge in [-0.2, -0.15) is 0 Å². The van der Waals surface area contributed by atoms with E-state index < -0.39 is 17.7 Å². The average Bonchev–Trinajstić information content (AvgIpc) is 3.20. The highest BCUT2D eigenvalue weighted by Crippen LogP contribution is 2.44. The molecule has 0 aromatic heterocycles. The predicted octanol–water partition coefficient (Wildman–Crippen LogP) is 3.79. The minimum absolute atomic E-state index is 0.0142. The second-order valence-corrected chi connectivity index (χ2v) is 9.13. The molecule has 2 aromatic rings. The maximum atomic E-state index is 12.5. The van der Waals surface area contributed by atoms with Crippen LogP contribution in [0.5, 0.6) is 0 Å². The van der Waals surface area contributed by atoms with E-state index in [1.807, 2.05) is 24.3 Å². The second kappa shape index (κ2) is 10.9. The van der Waals surface area contributed by atoms with Crippen LogP contribution in [0.15, 0.2) is 48.5 Å². The van der Waals surface area contributed by atoms with Gasteiger partial charge in [0.25, 0.3) is 0 Å². The third kappa shape index (κ3) is 5.32. The van der Waals surface area contributed by atoms with Crippen molar-refractivity contribution in [2.75, 3.05) is 33.4 Å². The normalized spacial score (nSPS) is 19.1. The van der Waals surface area contributed by atoms with E-state index in [4.69, 9.17) is 9.47 Å². The van der Waals surface area contributed by atoms with Crippen LogP contribution in [0.25, 0.3) is 11.1 Å². The molecule has 1 aliphatic heterocycles. The zero-order valence-electron chi connectivity index (χ0n) is 20.0. The zero-order valence-corrected chi connectivity index (χ0v) is 20.0. The van der Waals surface area contributed by atoms with Crippen molar-refractivity contribution in [3.05, 3.63) is 59.7 Å². The molecule has 1 heterocycles. The molecule has 186 valence electrons. The zero-order chi connectivity index (χ0) is 24.8. The van der Waals surface area contributed by atoms with E-state index in [1.165, 1.54) is 18.2 Å². The molecule has 1 unspecified atom stereocenters. The molecule has 8 heteroatoms. The highest BCUT2D eigenvalue weighted by Gasteiger charge is 2.43. The van der Waals surface area contributed by atoms with Gasteiger partial charge < -0.3 is 24.8 Å². The van der Waals surface area contributed by atoms with E-state index >= 15 is 0 Å². The molecule has 2 N–H and O–H groups in total. The summed E-state index contributed by atoms with van der Waals surface area (Å²) >= 11 is 0. The minimum atomic E-state index is -1.32. The topological polar surface area (TPSA) is 105 Å². The van der Waals surface area contributed by atoms with Gasteiger partial charge in [-0.15, -0.1) is 0 Å². The molecule has 2 amide bonds. The van der Waals surface area contributed by atoms with Gasteiger partial charge in [0.05, 0.1) is 6.54 Å². The first-order chi connectivity index (χ1) is 16.9. The molecule has 1 atom stereocenters. The van der Waals surface area contributed by atoms with Crippen molar-refractivity contribution in [3.63, 3.8) is 0 Å². The number of likely N-dealkylation sites (tertiary alicyclic amines) is 1. The summed E-state index contributed by atoms with van der Waals surface area (Å²) in [6.07, 6.45) is 2.03. The van der Waals surface area contributed by atoms with Gasteiger partial charge in [0.15, 0.2) is 5.60 Å². The number of carboxylic acids is 1. The molecule has 0 saturated carbocycles. The van der Waals surface area contributed by atoms with Gasteiger partial charge in [0, 0.05) is 32.5 Å². The van der Waals surface area contributed by atoms with Gasteiger partial charge in [0.1, 0.15) is 6.61 Å². The number of carbonyl (C=O) groups excluding carboxylic acids is 2. The Kier molecular flexibility index (Phi) is 7.70. The fourth-order valence-electron chi connectivity index (χ4n) is 5.06. The first-order valence-corrected chi connectivity index (χ1v) is 12.1. The van der Waals surface area contributed by atoms with Crippen LogP contribution in [-0.2, 0) is 19.1 Å². The maximum absolute atomic E-state index is 12.5. The summed E-state index contributed by atoms with van der Waals surface area (Å²) in [6, 6.07) is 16.4. The number of carboxylic acid groups (broad SMARTS) is 1. The van der Waals surface area contributed by atoms with E-state index in [2.05, 4.69) is 29.6 Å². The Morgan fingerprint density at radius 1 is 1.06 bits per heavy atom. The molecule has 0 spiro atoms. The molecule has 1 saturated heterocycles. The number of carbonyl (C=O) groups is 3. The molecule has 4 rings (SSSR count). The predicted molar refractivity (Wildman–Crippen MR) is 130 cm³/mol. The lowest BCUT2D eigenvalue weighted by Gasteiger charge is -2.38. The number of rotatable bonds is 9. The van der Waals surface area contributed by atoms with Crippen molar-refractivity contribution in [1.29, 1.82) is 0 Å². The van der Waals surface area contributed by atoms with Gasteiger partial charge >= 0.3 is 12.1 Å².